The van der Waals surface area contributed by atoms with Crippen molar-refractivity contribution in [1.82, 2.24) is 41.2 Å². The maximum atomic E-state index is 14.3. The van der Waals surface area contributed by atoms with Crippen LogP contribution in [0.25, 0.3) is 0 Å². The van der Waals surface area contributed by atoms with Gasteiger partial charge >= 0.3 is 5.97 Å². The third-order valence-electron chi connectivity index (χ3n) is 10.3. The molecule has 0 radical (unpaired) electrons. The van der Waals surface area contributed by atoms with Gasteiger partial charge in [0.2, 0.25) is 23.6 Å². The van der Waals surface area contributed by atoms with Gasteiger partial charge in [0.1, 0.15) is 48.0 Å². The topological polar surface area (TPSA) is 206 Å². The van der Waals surface area contributed by atoms with Crippen LogP contribution in [0.15, 0.2) is 85.1 Å². The number of carbonyl (C=O) groups excluding carboxylic acids is 4. The number of ether oxygens (including phenoxy) is 2. The van der Waals surface area contributed by atoms with Crippen LogP contribution in [-0.2, 0) is 56.4 Å². The first-order valence-electron chi connectivity index (χ1n) is 19.5. The number of hydrogen-bond acceptors (Lipinski definition) is 10. The Balaban J connectivity index is 1.27. The minimum Gasteiger partial charge on any atom is -0.494 e. The maximum Gasteiger partial charge on any atom is 0.326 e. The summed E-state index contributed by atoms with van der Waals surface area (Å²) >= 11 is 0. The number of carbonyl (C=O) groups is 5. The summed E-state index contributed by atoms with van der Waals surface area (Å²) in [5, 5.41) is 29.8. The Bertz CT molecular complexity index is 2020. The minimum atomic E-state index is -1.30. The van der Waals surface area contributed by atoms with Crippen LogP contribution in [-0.4, -0.2) is 105 Å². The third-order valence-corrected chi connectivity index (χ3v) is 10.3. The van der Waals surface area contributed by atoms with Crippen LogP contribution < -0.4 is 30.7 Å². The number of hydrogen-bond donors (Lipinski definition) is 5. The first-order chi connectivity index (χ1) is 28.1. The molecule has 58 heavy (non-hydrogen) atoms. The summed E-state index contributed by atoms with van der Waals surface area (Å²) in [6.07, 6.45) is 3.52. The lowest BCUT2D eigenvalue weighted by atomic mass is 10.0. The quantitative estimate of drug-likeness (QED) is 0.190. The number of aryl methyl sites for hydroxylation is 1. The van der Waals surface area contributed by atoms with Gasteiger partial charge in [-0.05, 0) is 67.8 Å². The average Bonchev–Trinajstić information content (AvgIpc) is 3.92. The Morgan fingerprint density at radius 3 is 2.26 bits per heavy atom. The van der Waals surface area contributed by atoms with Crippen LogP contribution in [0.2, 0.25) is 0 Å². The van der Waals surface area contributed by atoms with Gasteiger partial charge in [0.15, 0.2) is 0 Å². The van der Waals surface area contributed by atoms with Gasteiger partial charge in [-0.2, -0.15) is 0 Å². The molecular formula is C42H50N8O8. The van der Waals surface area contributed by atoms with Gasteiger partial charge in [0.25, 0.3) is 0 Å². The molecule has 1 saturated heterocycles. The Morgan fingerprint density at radius 1 is 0.879 bits per heavy atom. The second-order valence-corrected chi connectivity index (χ2v) is 14.6. The highest BCUT2D eigenvalue weighted by atomic mass is 16.5. The SMILES string of the molecule is CN[C@@H](C)C(=O)N[C@@H]1Cc2ccc(cc2)OCc2cn(nn2)CCCOc2ccc(cc2)C[C@H](C(=O)O)NC(=O)[C@H](Cc2ccccc2)NC(=O)[C@@H]2CCCN2C1=O. The van der Waals surface area contributed by atoms with E-state index in [9.17, 15) is 29.1 Å². The molecule has 6 bridgehead atoms. The fourth-order valence-electron chi connectivity index (χ4n) is 6.93. The van der Waals surface area contributed by atoms with Crippen molar-refractivity contribution in [3.8, 4) is 11.5 Å². The van der Waals surface area contributed by atoms with E-state index >= 15 is 0 Å². The van der Waals surface area contributed by atoms with E-state index in [1.165, 1.54) is 4.90 Å². The van der Waals surface area contributed by atoms with E-state index in [1.807, 2.05) is 42.5 Å². The highest BCUT2D eigenvalue weighted by Crippen LogP contribution is 2.22. The zero-order valence-electron chi connectivity index (χ0n) is 32.6. The lowest BCUT2D eigenvalue weighted by Gasteiger charge is -2.30. The van der Waals surface area contributed by atoms with Crippen molar-refractivity contribution in [1.29, 1.82) is 0 Å². The molecule has 5 aliphatic heterocycles. The fraction of sp³-hybridized carbons (Fsp3) is 0.405. The van der Waals surface area contributed by atoms with Crippen LogP contribution in [0.1, 0.15) is 48.6 Å². The lowest BCUT2D eigenvalue weighted by Crippen LogP contribution is -2.58. The van der Waals surface area contributed by atoms with Crippen molar-refractivity contribution in [3.63, 3.8) is 0 Å². The van der Waals surface area contributed by atoms with Gasteiger partial charge in [-0.15, -0.1) is 5.10 Å². The predicted octanol–water partition coefficient (Wildman–Crippen LogP) is 1.81. The summed E-state index contributed by atoms with van der Waals surface area (Å²) in [6.45, 7) is 3.11. The van der Waals surface area contributed by atoms with Gasteiger partial charge < -0.3 is 40.7 Å². The van der Waals surface area contributed by atoms with E-state index in [2.05, 4.69) is 31.6 Å². The van der Waals surface area contributed by atoms with Crippen LogP contribution >= 0.6 is 0 Å². The van der Waals surface area contributed by atoms with E-state index in [4.69, 9.17) is 9.47 Å². The molecule has 0 saturated carbocycles. The first-order valence-corrected chi connectivity index (χ1v) is 19.5. The molecule has 0 spiro atoms. The van der Waals surface area contributed by atoms with Gasteiger partial charge in [-0.25, -0.2) is 4.79 Å². The zero-order chi connectivity index (χ0) is 41.0. The van der Waals surface area contributed by atoms with Crippen LogP contribution in [0.3, 0.4) is 0 Å². The van der Waals surface area contributed by atoms with Gasteiger partial charge in [0, 0.05) is 38.8 Å². The smallest absolute Gasteiger partial charge is 0.326 e. The van der Waals surface area contributed by atoms with E-state index < -0.39 is 53.9 Å². The molecule has 5 N–H and O–H groups in total. The molecule has 0 aliphatic carbocycles. The molecule has 1 aromatic heterocycles. The van der Waals surface area contributed by atoms with Crippen molar-refractivity contribution in [2.75, 3.05) is 20.2 Å². The largest absolute Gasteiger partial charge is 0.494 e. The van der Waals surface area contributed by atoms with E-state index in [1.54, 1.807) is 61.2 Å². The molecule has 306 valence electrons. The number of benzene rings is 3. The van der Waals surface area contributed by atoms with Crippen molar-refractivity contribution >= 4 is 29.6 Å². The molecule has 4 amide bonds. The summed E-state index contributed by atoms with van der Waals surface area (Å²) < 4.78 is 13.6. The highest BCUT2D eigenvalue weighted by Gasteiger charge is 2.39. The average molecular weight is 795 g/mol. The molecule has 16 heteroatoms. The Kier molecular flexibility index (Phi) is 14.1. The molecule has 1 fully saturated rings. The second-order valence-electron chi connectivity index (χ2n) is 14.6. The second kappa shape index (κ2) is 19.7. The number of aliphatic carboxylic acids is 1. The molecule has 4 aromatic rings. The maximum absolute atomic E-state index is 14.3. The fourth-order valence-corrected chi connectivity index (χ4v) is 6.93. The van der Waals surface area contributed by atoms with Crippen molar-refractivity contribution in [2.45, 2.75) is 88.8 Å². The summed E-state index contributed by atoms with van der Waals surface area (Å²) in [4.78, 5) is 69.4. The van der Waals surface area contributed by atoms with E-state index in [0.29, 0.717) is 55.2 Å². The monoisotopic (exact) mass is 794 g/mol. The van der Waals surface area contributed by atoms with Gasteiger partial charge in [0.05, 0.1) is 18.8 Å². The van der Waals surface area contributed by atoms with Crippen LogP contribution in [0.4, 0.5) is 0 Å². The molecule has 0 unspecified atom stereocenters. The number of nitrogens with one attached hydrogen (secondary N) is 4. The van der Waals surface area contributed by atoms with Crippen molar-refractivity contribution in [3.05, 3.63) is 107 Å². The Hall–Kier alpha value is -6.29. The number of aromatic nitrogens is 3. The van der Waals surface area contributed by atoms with Gasteiger partial charge in [-0.3, -0.25) is 23.9 Å². The number of nitrogens with zero attached hydrogens (tertiary/aromatic N) is 4. The zero-order valence-corrected chi connectivity index (χ0v) is 32.6. The minimum absolute atomic E-state index is 0.0154. The molecule has 3 aromatic carbocycles. The van der Waals surface area contributed by atoms with E-state index in [0.717, 1.165) is 11.1 Å². The van der Waals surface area contributed by atoms with Crippen LogP contribution in [0.5, 0.6) is 11.5 Å². The number of likely N-dealkylation sites (N-methyl/N-ethyl adjacent to an activating group) is 1. The molecule has 9 rings (SSSR count). The standard InChI is InChI=1S/C42H50N8O8/c1-27(43-2)38(51)45-35-23-29-13-17-33(18-14-29)58-26-31-25-49(48-47-31)19-7-21-57-32-15-11-30(12-16-32)24-36(42(55)56)46-39(52)34(22-28-8-4-3-5-9-28)44-40(53)37-10-6-20-50(37)41(35)54/h3-5,8-9,11-18,25,27,34-37,43H,6-7,10,19-24,26H2,1-2H3,(H,44,53)(H,45,51)(H,46,52)(H,55,56)/t27-,34-,35+,36+,37-/m0/s1. The van der Waals surface area contributed by atoms with Crippen LogP contribution in [0, 0.1) is 0 Å². The molecular weight excluding hydrogens is 745 g/mol. The summed E-state index contributed by atoms with van der Waals surface area (Å²) in [5.41, 5.74) is 2.80. The van der Waals surface area contributed by atoms with Crippen molar-refractivity contribution in [2.24, 2.45) is 0 Å². The normalized spacial score (nSPS) is 21.6. The summed E-state index contributed by atoms with van der Waals surface area (Å²) in [6, 6.07) is 18.3. The molecule has 5 atom stereocenters. The summed E-state index contributed by atoms with van der Waals surface area (Å²) in [5.74, 6) is -2.10. The third kappa shape index (κ3) is 11.2. The van der Waals surface area contributed by atoms with E-state index in [-0.39, 0.29) is 38.3 Å². The molecule has 16 nitrogen and oxygen atoms in total. The Morgan fingerprint density at radius 2 is 1.57 bits per heavy atom. The molecule has 5 aliphatic rings. The Labute approximate surface area is 336 Å². The lowest BCUT2D eigenvalue weighted by molar-refractivity contribution is -0.143. The first kappa shape index (κ1) is 41.3. The number of carboxylic acids is 1. The van der Waals surface area contributed by atoms with Gasteiger partial charge in [-0.1, -0.05) is 59.8 Å². The highest BCUT2D eigenvalue weighted by molar-refractivity contribution is 5.96. The molecule has 6 heterocycles. The number of amides is 4. The van der Waals surface area contributed by atoms with Crippen molar-refractivity contribution < 1.29 is 38.6 Å². The predicted molar refractivity (Wildman–Crippen MR) is 212 cm³/mol. The summed E-state index contributed by atoms with van der Waals surface area (Å²) in [7, 11) is 1.64. The number of rotatable bonds is 6. The number of carboxylic acid groups (broad SMARTS) is 1.